The van der Waals surface area contributed by atoms with E-state index in [0.717, 1.165) is 11.1 Å². The van der Waals surface area contributed by atoms with Gasteiger partial charge >= 0.3 is 0 Å². The van der Waals surface area contributed by atoms with E-state index in [4.69, 9.17) is 0 Å². The molecule has 1 saturated heterocycles. The zero-order valence-corrected chi connectivity index (χ0v) is 10.9. The molecule has 1 heterocycles. The number of nitrogens with one attached hydrogen (secondary N) is 1. The van der Waals surface area contributed by atoms with Crippen molar-refractivity contribution in [2.75, 3.05) is 13.3 Å². The van der Waals surface area contributed by atoms with E-state index in [1.54, 1.807) is 4.90 Å². The molecule has 0 aromatic carbocycles. The predicted molar refractivity (Wildman–Crippen MR) is 68.5 cm³/mol. The first-order valence-corrected chi connectivity index (χ1v) is 5.95. The minimum absolute atomic E-state index is 0.234. The molecule has 0 aromatic heterocycles. The minimum Gasteiger partial charge on any atom is -0.381 e. The van der Waals surface area contributed by atoms with Crippen molar-refractivity contribution in [3.8, 4) is 0 Å². The molecule has 0 aromatic rings. The summed E-state index contributed by atoms with van der Waals surface area (Å²) < 4.78 is 0. The van der Waals surface area contributed by atoms with Gasteiger partial charge in [0.25, 0.3) is 0 Å². The summed E-state index contributed by atoms with van der Waals surface area (Å²) in [5, 5.41) is 11.6. The zero-order valence-electron chi connectivity index (χ0n) is 10.9. The number of aliphatic hydroxyl groups excluding tert-OH is 1. The summed E-state index contributed by atoms with van der Waals surface area (Å²) in [5.41, 5.74) is 1.94. The lowest BCUT2D eigenvalue weighted by molar-refractivity contribution is -0.138. The van der Waals surface area contributed by atoms with Crippen LogP contribution in [0.4, 0.5) is 0 Å². The normalized spacial score (nSPS) is 19.7. The summed E-state index contributed by atoms with van der Waals surface area (Å²) in [7, 11) is 0. The Kier molecular flexibility index (Phi) is 5.25. The van der Waals surface area contributed by atoms with Crippen LogP contribution in [0.5, 0.6) is 0 Å². The number of carbonyl (C=O) groups is 2. The highest BCUT2D eigenvalue weighted by Crippen LogP contribution is 2.14. The molecule has 1 atom stereocenters. The predicted octanol–water partition coefficient (Wildman–Crippen LogP) is 0.566. The Morgan fingerprint density at radius 3 is 2.72 bits per heavy atom. The summed E-state index contributed by atoms with van der Waals surface area (Å²) in [5.74, 6) is -0.595. The Balaban J connectivity index is 2.66. The van der Waals surface area contributed by atoms with Gasteiger partial charge in [0.05, 0.1) is 12.8 Å². The Morgan fingerprint density at radius 1 is 1.56 bits per heavy atom. The highest BCUT2D eigenvalue weighted by atomic mass is 16.3. The molecule has 1 aliphatic heterocycles. The van der Waals surface area contributed by atoms with Gasteiger partial charge in [0.1, 0.15) is 0 Å². The maximum atomic E-state index is 11.7. The Labute approximate surface area is 107 Å². The number of aliphatic hydroxyl groups is 1. The van der Waals surface area contributed by atoms with Crippen LogP contribution in [0.1, 0.15) is 26.7 Å². The van der Waals surface area contributed by atoms with Crippen molar-refractivity contribution in [3.63, 3.8) is 0 Å². The molecule has 2 N–H and O–H groups in total. The smallest absolute Gasteiger partial charge is 0.243 e. The third kappa shape index (κ3) is 4.09. The number of piperidine rings is 1. The number of carbonyl (C=O) groups excluding carboxylic acids is 2. The van der Waals surface area contributed by atoms with Gasteiger partial charge in [-0.25, -0.2) is 0 Å². The average Bonchev–Trinajstić information content (AvgIpc) is 2.25. The van der Waals surface area contributed by atoms with Crippen LogP contribution in [0.2, 0.25) is 0 Å². The molecular formula is C13H20N2O3. The third-order valence-electron chi connectivity index (χ3n) is 2.73. The first-order chi connectivity index (χ1) is 8.43. The standard InChI is InChI=1S/C13H20N2O3/c1-9(2)6-10(3)7-15(8-16)11-4-5-12(17)14-13(11)18/h6,11,16H,3-5,7-8H2,1-2H3,(H,14,17,18). The second-order valence-electron chi connectivity index (χ2n) is 4.74. The molecule has 5 nitrogen and oxygen atoms in total. The van der Waals surface area contributed by atoms with E-state index in [0.29, 0.717) is 19.4 Å². The lowest BCUT2D eigenvalue weighted by Gasteiger charge is -2.31. The number of nitrogens with zero attached hydrogens (tertiary/aromatic N) is 1. The van der Waals surface area contributed by atoms with Crippen molar-refractivity contribution in [3.05, 3.63) is 23.8 Å². The molecule has 18 heavy (non-hydrogen) atoms. The molecule has 0 radical (unpaired) electrons. The van der Waals surface area contributed by atoms with Gasteiger partial charge in [-0.05, 0) is 25.8 Å². The zero-order chi connectivity index (χ0) is 13.7. The van der Waals surface area contributed by atoms with Gasteiger partial charge in [-0.2, -0.15) is 0 Å². The highest BCUT2D eigenvalue weighted by molar-refractivity contribution is 6.00. The van der Waals surface area contributed by atoms with Gasteiger partial charge in [0.15, 0.2) is 0 Å². The van der Waals surface area contributed by atoms with E-state index < -0.39 is 6.04 Å². The van der Waals surface area contributed by atoms with Gasteiger partial charge in [0, 0.05) is 13.0 Å². The molecule has 1 aliphatic rings. The molecule has 0 spiro atoms. The number of amides is 2. The van der Waals surface area contributed by atoms with Crippen LogP contribution in [-0.2, 0) is 9.59 Å². The largest absolute Gasteiger partial charge is 0.381 e. The van der Waals surface area contributed by atoms with Crippen molar-refractivity contribution >= 4 is 11.8 Å². The van der Waals surface area contributed by atoms with Crippen molar-refractivity contribution in [1.29, 1.82) is 0 Å². The van der Waals surface area contributed by atoms with Crippen LogP contribution in [0.3, 0.4) is 0 Å². The van der Waals surface area contributed by atoms with E-state index in [1.165, 1.54) is 0 Å². The van der Waals surface area contributed by atoms with Crippen molar-refractivity contribution in [2.24, 2.45) is 0 Å². The highest BCUT2D eigenvalue weighted by Gasteiger charge is 2.31. The Bertz CT molecular complexity index is 384. The summed E-state index contributed by atoms with van der Waals surface area (Å²) in [6.07, 6.45) is 2.66. The maximum Gasteiger partial charge on any atom is 0.243 e. The molecular weight excluding hydrogens is 232 g/mol. The molecule has 5 heteroatoms. The van der Waals surface area contributed by atoms with E-state index in [1.807, 2.05) is 19.9 Å². The Morgan fingerprint density at radius 2 is 2.22 bits per heavy atom. The number of allylic oxidation sites excluding steroid dienone is 1. The summed E-state index contributed by atoms with van der Waals surface area (Å²) in [6, 6.07) is -0.463. The number of rotatable bonds is 5. The molecule has 1 rings (SSSR count). The van der Waals surface area contributed by atoms with Gasteiger partial charge < -0.3 is 5.11 Å². The Hall–Kier alpha value is -1.46. The molecule has 100 valence electrons. The monoisotopic (exact) mass is 252 g/mol. The first kappa shape index (κ1) is 14.6. The van der Waals surface area contributed by atoms with Crippen LogP contribution in [-0.4, -0.2) is 41.1 Å². The second kappa shape index (κ2) is 6.47. The molecule has 0 saturated carbocycles. The molecule has 1 unspecified atom stereocenters. The second-order valence-corrected chi connectivity index (χ2v) is 4.74. The van der Waals surface area contributed by atoms with Gasteiger partial charge in [0.2, 0.25) is 11.8 Å². The van der Waals surface area contributed by atoms with Crippen LogP contribution in [0, 0.1) is 0 Å². The van der Waals surface area contributed by atoms with Crippen molar-refractivity contribution < 1.29 is 14.7 Å². The number of imide groups is 1. The number of hydrogen-bond donors (Lipinski definition) is 2. The summed E-state index contributed by atoms with van der Waals surface area (Å²) in [6.45, 7) is 7.98. The molecule has 0 aliphatic carbocycles. The average molecular weight is 252 g/mol. The lowest BCUT2D eigenvalue weighted by atomic mass is 10.0. The van der Waals surface area contributed by atoms with Gasteiger partial charge in [-0.3, -0.25) is 19.8 Å². The quantitative estimate of drug-likeness (QED) is 0.426. The van der Waals surface area contributed by atoms with Crippen LogP contribution in [0.15, 0.2) is 23.8 Å². The van der Waals surface area contributed by atoms with Crippen molar-refractivity contribution in [1.82, 2.24) is 10.2 Å². The minimum atomic E-state index is -0.463. The van der Waals surface area contributed by atoms with Crippen molar-refractivity contribution in [2.45, 2.75) is 32.7 Å². The van der Waals surface area contributed by atoms with Crippen LogP contribution >= 0.6 is 0 Å². The molecule has 0 bridgehead atoms. The van der Waals surface area contributed by atoms with Crippen LogP contribution < -0.4 is 5.32 Å². The summed E-state index contributed by atoms with van der Waals surface area (Å²) >= 11 is 0. The fourth-order valence-corrected chi connectivity index (χ4v) is 2.00. The molecule has 1 fully saturated rings. The third-order valence-corrected chi connectivity index (χ3v) is 2.73. The topological polar surface area (TPSA) is 69.6 Å². The number of hydrogen-bond acceptors (Lipinski definition) is 4. The van der Waals surface area contributed by atoms with E-state index in [9.17, 15) is 14.7 Å². The molecule has 2 amide bonds. The van der Waals surface area contributed by atoms with Gasteiger partial charge in [-0.1, -0.05) is 18.2 Å². The summed E-state index contributed by atoms with van der Waals surface area (Å²) in [4.78, 5) is 24.4. The maximum absolute atomic E-state index is 11.7. The van der Waals surface area contributed by atoms with E-state index >= 15 is 0 Å². The van der Waals surface area contributed by atoms with E-state index in [2.05, 4.69) is 11.9 Å². The SMILES string of the molecule is C=C(C=C(C)C)CN(CO)C1CCC(=O)NC1=O. The van der Waals surface area contributed by atoms with Crippen LogP contribution in [0.25, 0.3) is 0 Å². The lowest BCUT2D eigenvalue weighted by Crippen LogP contribution is -2.53. The fraction of sp³-hybridized carbons (Fsp3) is 0.538. The first-order valence-electron chi connectivity index (χ1n) is 5.95. The van der Waals surface area contributed by atoms with Gasteiger partial charge in [-0.15, -0.1) is 0 Å². The fourth-order valence-electron chi connectivity index (χ4n) is 2.00. The van der Waals surface area contributed by atoms with E-state index in [-0.39, 0.29) is 18.5 Å².